The number of rotatable bonds is 10. The van der Waals surface area contributed by atoms with Crippen LogP contribution >= 0.6 is 23.1 Å². The van der Waals surface area contributed by atoms with Gasteiger partial charge in [-0.2, -0.15) is 4.98 Å². The summed E-state index contributed by atoms with van der Waals surface area (Å²) in [5, 5.41) is 6.14. The van der Waals surface area contributed by atoms with Gasteiger partial charge in [-0.05, 0) is 63.9 Å². The molecule has 2 saturated carbocycles. The maximum Gasteiger partial charge on any atom is 0.332 e. The first-order chi connectivity index (χ1) is 21.2. The highest BCUT2D eigenvalue weighted by Gasteiger charge is 2.62. The molecule has 3 heterocycles. The number of hydrogen-bond acceptors (Lipinski definition) is 8. The van der Waals surface area contributed by atoms with Crippen molar-refractivity contribution in [2.75, 3.05) is 13.2 Å². The molecule has 0 radical (unpaired) electrons. The van der Waals surface area contributed by atoms with Crippen molar-refractivity contribution in [3.8, 4) is 16.6 Å². The number of nitrogens with one attached hydrogen (secondary N) is 1. The Kier molecular flexibility index (Phi) is 8.78. The lowest BCUT2D eigenvalue weighted by atomic mass is 9.87. The van der Waals surface area contributed by atoms with E-state index in [-0.39, 0.29) is 30.4 Å². The third-order valence-electron chi connectivity index (χ3n) is 9.53. The van der Waals surface area contributed by atoms with Crippen LogP contribution in [0.4, 0.5) is 0 Å². The van der Waals surface area contributed by atoms with Gasteiger partial charge in [-0.15, -0.1) is 17.9 Å². The van der Waals surface area contributed by atoms with Gasteiger partial charge < -0.3 is 14.8 Å². The highest BCUT2D eigenvalue weighted by Crippen LogP contribution is 2.46. The molecule has 6 rings (SSSR count). The number of amides is 1. The zero-order valence-corrected chi connectivity index (χ0v) is 27.5. The highest BCUT2D eigenvalue weighted by atomic mass is 35.5. The van der Waals surface area contributed by atoms with Crippen LogP contribution in [0, 0.1) is 11.8 Å². The molecule has 9 nitrogen and oxygen atoms in total. The first kappa shape index (κ1) is 31.0. The molecule has 0 unspecified atom stereocenters. The van der Waals surface area contributed by atoms with Crippen molar-refractivity contribution in [3.05, 3.63) is 41.9 Å². The Labute approximate surface area is 268 Å². The summed E-state index contributed by atoms with van der Waals surface area (Å²) in [7, 11) is 0. The Morgan fingerprint density at radius 2 is 2.02 bits per heavy atom. The quantitative estimate of drug-likeness (QED) is 0.151. The van der Waals surface area contributed by atoms with Crippen LogP contribution in [0.3, 0.4) is 0 Å². The van der Waals surface area contributed by atoms with Gasteiger partial charge in [0.15, 0.2) is 0 Å². The average molecular weight is 640 g/mol. The van der Waals surface area contributed by atoms with E-state index in [1.165, 1.54) is 42.2 Å². The maximum absolute atomic E-state index is 13.6. The van der Waals surface area contributed by atoms with E-state index in [1.807, 2.05) is 6.92 Å². The Bertz CT molecular complexity index is 1550. The number of fused-ring (bicyclic) bond motifs is 1. The highest BCUT2D eigenvalue weighted by molar-refractivity contribution is 7.13. The molecule has 3 aromatic rings. The van der Waals surface area contributed by atoms with Crippen molar-refractivity contribution in [2.24, 2.45) is 11.8 Å². The van der Waals surface area contributed by atoms with Gasteiger partial charge in [0.1, 0.15) is 28.2 Å². The lowest BCUT2D eigenvalue weighted by Gasteiger charge is -2.25. The summed E-state index contributed by atoms with van der Waals surface area (Å²) in [4.78, 5) is 36.4. The number of nitrogens with zero attached hydrogens (tertiary/aromatic N) is 4. The van der Waals surface area contributed by atoms with Crippen LogP contribution in [0.15, 0.2) is 36.2 Å². The summed E-state index contributed by atoms with van der Waals surface area (Å²) in [5.41, 5.74) is 2.94. The van der Waals surface area contributed by atoms with E-state index in [4.69, 9.17) is 31.2 Å². The molecule has 1 saturated heterocycles. The normalized spacial score (nSPS) is 27.5. The molecule has 44 heavy (non-hydrogen) atoms. The van der Waals surface area contributed by atoms with Gasteiger partial charge >= 0.3 is 5.97 Å². The second-order valence-corrected chi connectivity index (χ2v) is 14.0. The van der Waals surface area contributed by atoms with Gasteiger partial charge in [0, 0.05) is 34.7 Å². The molecule has 11 heteroatoms. The Morgan fingerprint density at radius 1 is 1.25 bits per heavy atom. The molecule has 5 atom stereocenters. The van der Waals surface area contributed by atoms with Gasteiger partial charge in [0.05, 0.1) is 24.4 Å². The van der Waals surface area contributed by atoms with E-state index < -0.39 is 23.7 Å². The predicted molar refractivity (Wildman–Crippen MR) is 173 cm³/mol. The molecule has 1 aromatic carbocycles. The van der Waals surface area contributed by atoms with Crippen molar-refractivity contribution in [1.82, 2.24) is 24.3 Å². The standard InChI is InChI=1S/C33H42ClN5O4S/c1-6-22-16-33(22,31(41)42-7-2)37-29(40)28-20(5)26(17-38(28)34)43-32-36-27-23(14-11-15-25(27)39(32)19(3)4)30-35-24(18-44-30)21-12-9-8-10-13-21/h6,11,14-15,18-22,26,28H,1,7-10,12-13,16-17H2,2-5H3,(H,37,40)/t20-,22-,26+,28+,33-/m1/s1. The van der Waals surface area contributed by atoms with Crippen LogP contribution in [0.1, 0.15) is 83.9 Å². The van der Waals surface area contributed by atoms with E-state index in [0.29, 0.717) is 24.9 Å². The molecule has 3 fully saturated rings. The summed E-state index contributed by atoms with van der Waals surface area (Å²) in [5.74, 6) is -0.666. The van der Waals surface area contributed by atoms with Gasteiger partial charge in [0.25, 0.3) is 6.01 Å². The number of aromatic nitrogens is 3. The molecular formula is C33H42ClN5O4S. The van der Waals surface area contributed by atoms with Gasteiger partial charge in [-0.25, -0.2) is 14.2 Å². The van der Waals surface area contributed by atoms with Crippen LogP contribution in [0.2, 0.25) is 0 Å². The second-order valence-electron chi connectivity index (χ2n) is 12.7. The third kappa shape index (κ3) is 5.54. The van der Waals surface area contributed by atoms with Crippen LogP contribution in [0.5, 0.6) is 6.01 Å². The SMILES string of the molecule is C=C[C@@H]1C[C@]1(NC(=O)[C@@H]1[C@H](C)[C@@H](Oc2nc3c(-c4nc(C5CCCCC5)cs4)cccc3n2C(C)C)CN1Cl)C(=O)OCC. The molecule has 3 aliphatic rings. The summed E-state index contributed by atoms with van der Waals surface area (Å²) in [6.45, 7) is 12.3. The minimum atomic E-state index is -1.08. The number of hydrogen-bond donors (Lipinski definition) is 1. The summed E-state index contributed by atoms with van der Waals surface area (Å²) >= 11 is 8.34. The summed E-state index contributed by atoms with van der Waals surface area (Å²) in [6.07, 6.45) is 8.04. The molecule has 1 N–H and O–H groups in total. The van der Waals surface area contributed by atoms with Crippen LogP contribution in [-0.4, -0.2) is 61.7 Å². The number of carbonyl (C=O) groups excluding carboxylic acids is 2. The molecule has 1 amide bonds. The van der Waals surface area contributed by atoms with Gasteiger partial charge in [-0.1, -0.05) is 38.3 Å². The van der Waals surface area contributed by atoms with E-state index >= 15 is 0 Å². The van der Waals surface area contributed by atoms with Crippen molar-refractivity contribution < 1.29 is 19.1 Å². The molecular weight excluding hydrogens is 598 g/mol. The number of halogens is 1. The molecule has 236 valence electrons. The number of benzene rings is 1. The van der Waals surface area contributed by atoms with Crippen molar-refractivity contribution in [1.29, 1.82) is 0 Å². The summed E-state index contributed by atoms with van der Waals surface area (Å²) < 4.78 is 15.4. The fraction of sp³-hybridized carbons (Fsp3) is 0.576. The predicted octanol–water partition coefficient (Wildman–Crippen LogP) is 6.63. The second kappa shape index (κ2) is 12.4. The molecule has 2 aromatic heterocycles. The number of ether oxygens (including phenoxy) is 2. The Balaban J connectivity index is 1.24. The lowest BCUT2D eigenvalue weighted by Crippen LogP contribution is -2.52. The minimum Gasteiger partial charge on any atom is -0.464 e. The zero-order valence-electron chi connectivity index (χ0n) is 25.9. The van der Waals surface area contributed by atoms with Crippen molar-refractivity contribution in [2.45, 2.75) is 95.9 Å². The molecule has 0 bridgehead atoms. The van der Waals surface area contributed by atoms with Crippen molar-refractivity contribution >= 4 is 46.0 Å². The Hall–Kier alpha value is -2.95. The van der Waals surface area contributed by atoms with Crippen molar-refractivity contribution in [3.63, 3.8) is 0 Å². The Morgan fingerprint density at radius 3 is 2.70 bits per heavy atom. The van der Waals surface area contributed by atoms with Crippen LogP contribution in [0.25, 0.3) is 21.6 Å². The molecule has 2 aliphatic carbocycles. The first-order valence-corrected chi connectivity index (χ1v) is 17.1. The van der Waals surface area contributed by atoms with Gasteiger partial charge in [-0.3, -0.25) is 9.36 Å². The smallest absolute Gasteiger partial charge is 0.332 e. The molecule has 1 aliphatic heterocycles. The van der Waals surface area contributed by atoms with E-state index in [0.717, 1.165) is 21.6 Å². The number of esters is 1. The summed E-state index contributed by atoms with van der Waals surface area (Å²) in [6, 6.07) is 6.08. The maximum atomic E-state index is 13.6. The van der Waals surface area contributed by atoms with Crippen LogP contribution < -0.4 is 10.1 Å². The number of thiazole rings is 1. The first-order valence-electron chi connectivity index (χ1n) is 15.9. The monoisotopic (exact) mass is 639 g/mol. The minimum absolute atomic E-state index is 0.0809. The third-order valence-corrected chi connectivity index (χ3v) is 10.8. The topological polar surface area (TPSA) is 98.6 Å². The van der Waals surface area contributed by atoms with E-state index in [2.05, 4.69) is 53.9 Å². The molecule has 0 spiro atoms. The number of para-hydroxylation sites is 1. The zero-order chi connectivity index (χ0) is 31.2. The fourth-order valence-electron chi connectivity index (χ4n) is 6.96. The largest absolute Gasteiger partial charge is 0.464 e. The fourth-order valence-corrected chi connectivity index (χ4v) is 8.29. The number of imidazole rings is 1. The van der Waals surface area contributed by atoms with E-state index in [9.17, 15) is 9.59 Å². The van der Waals surface area contributed by atoms with E-state index in [1.54, 1.807) is 24.3 Å². The lowest BCUT2D eigenvalue weighted by molar-refractivity contribution is -0.149. The van der Waals surface area contributed by atoms with Crippen LogP contribution in [-0.2, 0) is 14.3 Å². The average Bonchev–Trinajstić information content (AvgIpc) is 3.27. The number of carbonyl (C=O) groups is 2. The van der Waals surface area contributed by atoms with Gasteiger partial charge in [0.2, 0.25) is 5.91 Å².